The molecule has 1 fully saturated rings. The lowest BCUT2D eigenvalue weighted by Gasteiger charge is -2.13. The van der Waals surface area contributed by atoms with Crippen molar-refractivity contribution in [1.82, 2.24) is 19.6 Å². The highest BCUT2D eigenvalue weighted by Crippen LogP contribution is 2.55. The minimum absolute atomic E-state index is 0.0398. The van der Waals surface area contributed by atoms with Crippen LogP contribution in [0.5, 0.6) is 0 Å². The normalized spacial score (nSPS) is 14.0. The lowest BCUT2D eigenvalue weighted by atomic mass is 9.96. The Labute approximate surface area is 186 Å². The summed E-state index contributed by atoms with van der Waals surface area (Å²) in [6.07, 6.45) is 14.1. The van der Waals surface area contributed by atoms with Gasteiger partial charge in [0.15, 0.2) is 5.65 Å². The Balaban J connectivity index is 0.000000691. The van der Waals surface area contributed by atoms with Gasteiger partial charge in [-0.15, -0.1) is 11.3 Å². The molecule has 4 nitrogen and oxygen atoms in total. The van der Waals surface area contributed by atoms with E-state index in [1.54, 1.807) is 17.5 Å². The van der Waals surface area contributed by atoms with Crippen molar-refractivity contribution in [3.05, 3.63) is 71.4 Å². The molecule has 0 unspecified atom stereocenters. The Morgan fingerprint density at radius 2 is 1.87 bits per heavy atom. The quantitative estimate of drug-likeness (QED) is 0.395. The molecule has 0 radical (unpaired) electrons. The topological polar surface area (TPSA) is 43.1 Å². The van der Waals surface area contributed by atoms with Crippen molar-refractivity contribution in [2.45, 2.75) is 66.7 Å². The first-order chi connectivity index (χ1) is 14.8. The summed E-state index contributed by atoms with van der Waals surface area (Å²) < 4.78 is 1.84. The van der Waals surface area contributed by atoms with E-state index in [-0.39, 0.29) is 5.41 Å². The largest absolute Gasteiger partial charge is 0.239 e. The van der Waals surface area contributed by atoms with Gasteiger partial charge in [-0.05, 0) is 37.5 Å². The van der Waals surface area contributed by atoms with Crippen molar-refractivity contribution in [3.8, 4) is 11.4 Å². The summed E-state index contributed by atoms with van der Waals surface area (Å²) in [5, 5.41) is 7.63. The average molecular weight is 425 g/mol. The molecule has 0 aliphatic heterocycles. The highest BCUT2D eigenvalue weighted by molar-refractivity contribution is 7.10. The van der Waals surface area contributed by atoms with Gasteiger partial charge >= 0.3 is 0 Å². The molecule has 0 saturated heterocycles. The molecular formula is C25H36N4S. The summed E-state index contributed by atoms with van der Waals surface area (Å²) in [6, 6.07) is 3.84. The third kappa shape index (κ3) is 5.33. The van der Waals surface area contributed by atoms with E-state index in [2.05, 4.69) is 34.2 Å². The smallest absolute Gasteiger partial charge is 0.154 e. The molecule has 5 heteroatoms. The fraction of sp³-hybridized carbons (Fsp3) is 0.400. The van der Waals surface area contributed by atoms with Crippen LogP contribution in [0.2, 0.25) is 0 Å². The first kappa shape index (κ1) is 25.5. The Morgan fingerprint density at radius 3 is 2.47 bits per heavy atom. The summed E-state index contributed by atoms with van der Waals surface area (Å²) in [4.78, 5) is 9.32. The van der Waals surface area contributed by atoms with E-state index in [9.17, 15) is 0 Å². The van der Waals surface area contributed by atoms with E-state index in [1.165, 1.54) is 5.57 Å². The van der Waals surface area contributed by atoms with Crippen LogP contribution >= 0.6 is 11.3 Å². The number of hydrogen-bond acceptors (Lipinski definition) is 4. The van der Waals surface area contributed by atoms with Crippen molar-refractivity contribution in [1.29, 1.82) is 0 Å². The zero-order chi connectivity index (χ0) is 22.6. The van der Waals surface area contributed by atoms with Crippen LogP contribution in [0.3, 0.4) is 0 Å². The molecule has 3 heterocycles. The molecule has 0 bridgehead atoms. The second-order valence-electron chi connectivity index (χ2n) is 5.91. The molecule has 3 aromatic heterocycles. The van der Waals surface area contributed by atoms with Gasteiger partial charge < -0.3 is 0 Å². The molecule has 3 aromatic rings. The fourth-order valence-corrected chi connectivity index (χ4v) is 4.08. The third-order valence-corrected chi connectivity index (χ3v) is 5.49. The molecule has 0 spiro atoms. The minimum atomic E-state index is 0.0398. The van der Waals surface area contributed by atoms with Crippen LogP contribution in [0.15, 0.2) is 66.4 Å². The highest BCUT2D eigenvalue weighted by Gasteiger charge is 2.48. The van der Waals surface area contributed by atoms with E-state index >= 15 is 0 Å². The lowest BCUT2D eigenvalue weighted by Crippen LogP contribution is -2.08. The van der Waals surface area contributed by atoms with Gasteiger partial charge in [-0.2, -0.15) is 5.10 Å². The standard InChI is InChI=1S/C19H18N4S.3C2H6/c1-3-5-7-14(4-2)19(9-10-19)18-22-15(13-24-18)16-12-20-17-8-6-11-21-23(16)17;3*1-2/h3-8,11-13H,2,9-10H2,1H3;3*1-2H3/b5-3-,14-7+;;;. The van der Waals surface area contributed by atoms with E-state index in [0.717, 1.165) is 34.9 Å². The number of imidazole rings is 1. The van der Waals surface area contributed by atoms with Crippen molar-refractivity contribution in [2.75, 3.05) is 0 Å². The van der Waals surface area contributed by atoms with E-state index in [1.807, 2.05) is 83.5 Å². The molecule has 4 rings (SSSR count). The van der Waals surface area contributed by atoms with Crippen LogP contribution in [0, 0.1) is 0 Å². The Hall–Kier alpha value is -2.53. The number of allylic oxidation sites excluding steroid dienone is 5. The van der Waals surface area contributed by atoms with Gasteiger partial charge in [0.2, 0.25) is 0 Å². The number of nitrogens with zero attached hydrogens (tertiary/aromatic N) is 4. The van der Waals surface area contributed by atoms with Gasteiger partial charge in [0.25, 0.3) is 0 Å². The number of aromatic nitrogens is 4. The summed E-state index contributed by atoms with van der Waals surface area (Å²) in [7, 11) is 0. The van der Waals surface area contributed by atoms with Crippen molar-refractivity contribution >= 4 is 17.0 Å². The summed E-state index contributed by atoms with van der Waals surface area (Å²) in [6.45, 7) is 18.0. The Kier molecular flexibility index (Phi) is 11.0. The van der Waals surface area contributed by atoms with Gasteiger partial charge in [0, 0.05) is 17.0 Å². The van der Waals surface area contributed by atoms with Gasteiger partial charge in [-0.3, -0.25) is 0 Å². The second kappa shape index (κ2) is 12.9. The lowest BCUT2D eigenvalue weighted by molar-refractivity contribution is 0.832. The maximum atomic E-state index is 4.92. The van der Waals surface area contributed by atoms with Crippen molar-refractivity contribution in [3.63, 3.8) is 0 Å². The zero-order valence-corrected chi connectivity index (χ0v) is 20.3. The number of fused-ring (bicyclic) bond motifs is 1. The molecule has 0 N–H and O–H groups in total. The highest BCUT2D eigenvalue weighted by atomic mass is 32.1. The van der Waals surface area contributed by atoms with Gasteiger partial charge in [-0.25, -0.2) is 14.5 Å². The summed E-state index contributed by atoms with van der Waals surface area (Å²) in [5.74, 6) is 0. The molecule has 0 aromatic carbocycles. The third-order valence-electron chi connectivity index (χ3n) is 4.44. The Bertz CT molecular complexity index is 958. The van der Waals surface area contributed by atoms with Crippen molar-refractivity contribution in [2.24, 2.45) is 0 Å². The number of hydrogen-bond donors (Lipinski definition) is 0. The molecule has 1 aliphatic carbocycles. The van der Waals surface area contributed by atoms with Crippen LogP contribution in [0.4, 0.5) is 0 Å². The average Bonchev–Trinajstić information content (AvgIpc) is 3.27. The number of rotatable bonds is 5. The van der Waals surface area contributed by atoms with Crippen LogP contribution in [-0.4, -0.2) is 19.6 Å². The predicted molar refractivity (Wildman–Crippen MR) is 132 cm³/mol. The summed E-state index contributed by atoms with van der Waals surface area (Å²) in [5.41, 5.74) is 3.99. The molecule has 1 saturated carbocycles. The number of thiazole rings is 1. The van der Waals surface area contributed by atoms with E-state index < -0.39 is 0 Å². The zero-order valence-electron chi connectivity index (χ0n) is 19.5. The molecule has 30 heavy (non-hydrogen) atoms. The monoisotopic (exact) mass is 424 g/mol. The van der Waals surface area contributed by atoms with Crippen molar-refractivity contribution < 1.29 is 0 Å². The summed E-state index contributed by atoms with van der Waals surface area (Å²) >= 11 is 1.71. The van der Waals surface area contributed by atoms with Gasteiger partial charge in [-0.1, -0.05) is 72.4 Å². The maximum Gasteiger partial charge on any atom is 0.154 e. The molecule has 1 aliphatic rings. The predicted octanol–water partition coefficient (Wildman–Crippen LogP) is 7.65. The van der Waals surface area contributed by atoms with Crippen LogP contribution in [0.1, 0.15) is 66.3 Å². The van der Waals surface area contributed by atoms with Gasteiger partial charge in [0.05, 0.1) is 6.20 Å². The van der Waals surface area contributed by atoms with E-state index in [0.29, 0.717) is 0 Å². The first-order valence-corrected chi connectivity index (χ1v) is 11.9. The van der Waals surface area contributed by atoms with E-state index in [4.69, 9.17) is 4.98 Å². The van der Waals surface area contributed by atoms with Crippen LogP contribution < -0.4 is 0 Å². The van der Waals surface area contributed by atoms with Gasteiger partial charge in [0.1, 0.15) is 16.4 Å². The maximum absolute atomic E-state index is 4.92. The fourth-order valence-electron chi connectivity index (χ4n) is 2.99. The molecule has 0 atom stereocenters. The minimum Gasteiger partial charge on any atom is -0.239 e. The van der Waals surface area contributed by atoms with Crippen LogP contribution in [-0.2, 0) is 5.41 Å². The van der Waals surface area contributed by atoms with Crippen LogP contribution in [0.25, 0.3) is 17.0 Å². The second-order valence-corrected chi connectivity index (χ2v) is 6.77. The molecular weight excluding hydrogens is 388 g/mol. The first-order valence-electron chi connectivity index (χ1n) is 11.0. The SMILES string of the molecule is C=C/C(=C\C=C/C)C1(c2nc(-c3cnc4cccnn34)cs2)CC1.CC.CC.CC. The molecule has 162 valence electrons. The molecule has 0 amide bonds. The Morgan fingerprint density at radius 1 is 1.17 bits per heavy atom.